The fourth-order valence-electron chi connectivity index (χ4n) is 1.73. The number of anilines is 1. The van der Waals surface area contributed by atoms with Crippen LogP contribution >= 0.6 is 11.8 Å². The molecule has 1 N–H and O–H groups in total. The fraction of sp³-hybridized carbons (Fsp3) is 0.308. The molecule has 19 heavy (non-hydrogen) atoms. The Morgan fingerprint density at radius 1 is 1.26 bits per heavy atom. The van der Waals surface area contributed by atoms with Crippen LogP contribution in [0.1, 0.15) is 18.5 Å². The molecular weight excluding hydrogens is 268 g/mol. The molecule has 0 fully saturated rings. The van der Waals surface area contributed by atoms with Crippen molar-refractivity contribution in [1.82, 2.24) is 9.78 Å². The summed E-state index contributed by atoms with van der Waals surface area (Å²) >= 11 is 0.551. The molecule has 2 aromatic rings. The second-order valence-electron chi connectivity index (χ2n) is 4.22. The zero-order valence-electron chi connectivity index (χ0n) is 10.7. The molecule has 1 atom stereocenters. The highest BCUT2D eigenvalue weighted by atomic mass is 32.2. The zero-order valence-corrected chi connectivity index (χ0v) is 11.5. The van der Waals surface area contributed by atoms with Crippen molar-refractivity contribution in [2.45, 2.75) is 23.6 Å². The molecular formula is C13H15F2N3S. The van der Waals surface area contributed by atoms with Gasteiger partial charge in [0.15, 0.2) is 0 Å². The first-order chi connectivity index (χ1) is 9.04. The van der Waals surface area contributed by atoms with Gasteiger partial charge in [-0.1, -0.05) is 11.8 Å². The minimum absolute atomic E-state index is 0.113. The summed E-state index contributed by atoms with van der Waals surface area (Å²) in [6, 6.07) is 7.10. The molecule has 1 aromatic heterocycles. The number of hydrogen-bond acceptors (Lipinski definition) is 3. The predicted octanol–water partition coefficient (Wildman–Crippen LogP) is 3.91. The summed E-state index contributed by atoms with van der Waals surface area (Å²) in [5.74, 6) is -2.38. The molecule has 1 aromatic carbocycles. The Kier molecular flexibility index (Phi) is 4.42. The maximum absolute atomic E-state index is 12.2. The molecule has 1 unspecified atom stereocenters. The molecule has 2 rings (SSSR count). The monoisotopic (exact) mass is 283 g/mol. The molecule has 3 nitrogen and oxygen atoms in total. The summed E-state index contributed by atoms with van der Waals surface area (Å²) in [4.78, 5) is 0.564. The van der Waals surface area contributed by atoms with Crippen molar-refractivity contribution in [3.8, 4) is 0 Å². The Hall–Kier alpha value is -1.56. The van der Waals surface area contributed by atoms with Crippen LogP contribution in [0.5, 0.6) is 0 Å². The SMILES string of the molecule is CC(Nc1ccc(SC(F)F)cc1)c1cnn(C)c1. The highest BCUT2D eigenvalue weighted by Gasteiger charge is 2.08. The van der Waals surface area contributed by atoms with E-state index in [9.17, 15) is 8.78 Å². The average molecular weight is 283 g/mol. The molecule has 0 saturated carbocycles. The summed E-state index contributed by atoms with van der Waals surface area (Å²) in [6.45, 7) is 2.03. The van der Waals surface area contributed by atoms with Crippen molar-refractivity contribution in [3.05, 3.63) is 42.2 Å². The van der Waals surface area contributed by atoms with E-state index in [1.54, 1.807) is 35.1 Å². The summed E-state index contributed by atoms with van der Waals surface area (Å²) in [7, 11) is 1.87. The summed E-state index contributed by atoms with van der Waals surface area (Å²) < 4.78 is 26.1. The fourth-order valence-corrected chi connectivity index (χ4v) is 2.23. The first-order valence-electron chi connectivity index (χ1n) is 5.84. The third kappa shape index (κ3) is 3.96. The van der Waals surface area contributed by atoms with Gasteiger partial charge in [-0.25, -0.2) is 0 Å². The van der Waals surface area contributed by atoms with Crippen LogP contribution in [0.3, 0.4) is 0 Å². The number of hydrogen-bond donors (Lipinski definition) is 1. The first kappa shape index (κ1) is 13.9. The van der Waals surface area contributed by atoms with Gasteiger partial charge in [-0.05, 0) is 31.2 Å². The van der Waals surface area contributed by atoms with E-state index in [1.807, 2.05) is 20.2 Å². The molecule has 6 heteroatoms. The third-order valence-electron chi connectivity index (χ3n) is 2.69. The largest absolute Gasteiger partial charge is 0.378 e. The second kappa shape index (κ2) is 6.06. The van der Waals surface area contributed by atoms with E-state index < -0.39 is 5.76 Å². The van der Waals surface area contributed by atoms with Gasteiger partial charge in [0.05, 0.1) is 12.2 Å². The highest BCUT2D eigenvalue weighted by Crippen LogP contribution is 2.27. The normalized spacial score (nSPS) is 12.7. The lowest BCUT2D eigenvalue weighted by atomic mass is 10.2. The van der Waals surface area contributed by atoms with E-state index in [2.05, 4.69) is 10.4 Å². The van der Waals surface area contributed by atoms with E-state index in [1.165, 1.54) is 0 Å². The molecule has 102 valence electrons. The summed E-state index contributed by atoms with van der Waals surface area (Å²) in [6.07, 6.45) is 3.75. The quantitative estimate of drug-likeness (QED) is 0.844. The Morgan fingerprint density at radius 3 is 2.47 bits per heavy atom. The van der Waals surface area contributed by atoms with E-state index in [4.69, 9.17) is 0 Å². The number of nitrogens with one attached hydrogen (secondary N) is 1. The lowest BCUT2D eigenvalue weighted by Gasteiger charge is -2.13. The number of rotatable bonds is 5. The van der Waals surface area contributed by atoms with E-state index in [0.29, 0.717) is 16.7 Å². The molecule has 1 heterocycles. The molecule has 0 amide bonds. The Balaban J connectivity index is 1.99. The predicted molar refractivity (Wildman–Crippen MR) is 73.5 cm³/mol. The number of aromatic nitrogens is 2. The van der Waals surface area contributed by atoms with Gasteiger partial charge < -0.3 is 5.32 Å². The lowest BCUT2D eigenvalue weighted by Crippen LogP contribution is -2.05. The maximum atomic E-state index is 12.2. The zero-order chi connectivity index (χ0) is 13.8. The van der Waals surface area contributed by atoms with Crippen molar-refractivity contribution >= 4 is 17.4 Å². The van der Waals surface area contributed by atoms with Crippen molar-refractivity contribution in [1.29, 1.82) is 0 Å². The van der Waals surface area contributed by atoms with Crippen molar-refractivity contribution in [3.63, 3.8) is 0 Å². The average Bonchev–Trinajstić information content (AvgIpc) is 2.78. The van der Waals surface area contributed by atoms with Gasteiger partial charge in [0, 0.05) is 29.4 Å². The number of benzene rings is 1. The van der Waals surface area contributed by atoms with Crippen molar-refractivity contribution in [2.75, 3.05) is 5.32 Å². The smallest absolute Gasteiger partial charge is 0.288 e. The van der Waals surface area contributed by atoms with E-state index in [0.717, 1.165) is 11.3 Å². The van der Waals surface area contributed by atoms with Crippen LogP contribution in [0.4, 0.5) is 14.5 Å². The number of halogens is 2. The summed E-state index contributed by atoms with van der Waals surface area (Å²) in [5, 5.41) is 7.42. The van der Waals surface area contributed by atoms with E-state index >= 15 is 0 Å². The molecule has 0 radical (unpaired) electrons. The number of alkyl halides is 2. The van der Waals surface area contributed by atoms with E-state index in [-0.39, 0.29) is 6.04 Å². The van der Waals surface area contributed by atoms with Crippen LogP contribution in [0.15, 0.2) is 41.6 Å². The number of thioether (sulfide) groups is 1. The molecule has 0 spiro atoms. The molecule has 0 aliphatic carbocycles. The first-order valence-corrected chi connectivity index (χ1v) is 6.72. The molecule has 0 aliphatic heterocycles. The van der Waals surface area contributed by atoms with Crippen LogP contribution in [0.2, 0.25) is 0 Å². The Bertz CT molecular complexity index is 525. The molecule has 0 bridgehead atoms. The summed E-state index contributed by atoms with van der Waals surface area (Å²) in [5.41, 5.74) is 1.98. The Morgan fingerprint density at radius 2 is 1.95 bits per heavy atom. The van der Waals surface area contributed by atoms with Gasteiger partial charge in [-0.2, -0.15) is 13.9 Å². The topological polar surface area (TPSA) is 29.9 Å². The molecule has 0 aliphatic rings. The lowest BCUT2D eigenvalue weighted by molar-refractivity contribution is 0.252. The standard InChI is InChI=1S/C13H15F2N3S/c1-9(10-7-16-18(2)8-10)17-11-3-5-12(6-4-11)19-13(14)15/h3-9,13,17H,1-2H3. The van der Waals surface area contributed by atoms with Crippen LogP contribution in [-0.2, 0) is 7.05 Å². The molecule has 0 saturated heterocycles. The second-order valence-corrected chi connectivity index (χ2v) is 5.28. The number of nitrogens with zero attached hydrogens (tertiary/aromatic N) is 2. The van der Waals surface area contributed by atoms with Crippen molar-refractivity contribution in [2.24, 2.45) is 7.05 Å². The van der Waals surface area contributed by atoms with Gasteiger partial charge in [0.1, 0.15) is 0 Å². The minimum Gasteiger partial charge on any atom is -0.378 e. The maximum Gasteiger partial charge on any atom is 0.288 e. The van der Waals surface area contributed by atoms with Crippen molar-refractivity contribution < 1.29 is 8.78 Å². The van der Waals surface area contributed by atoms with Gasteiger partial charge >= 0.3 is 0 Å². The van der Waals surface area contributed by atoms with Gasteiger partial charge in [-0.3, -0.25) is 4.68 Å². The van der Waals surface area contributed by atoms with Crippen LogP contribution in [0.25, 0.3) is 0 Å². The van der Waals surface area contributed by atoms with Crippen LogP contribution in [0, 0.1) is 0 Å². The highest BCUT2D eigenvalue weighted by molar-refractivity contribution is 7.99. The number of aryl methyl sites for hydroxylation is 1. The van der Waals surface area contributed by atoms with Gasteiger partial charge in [-0.15, -0.1) is 0 Å². The minimum atomic E-state index is -2.38. The van der Waals surface area contributed by atoms with Gasteiger partial charge in [0.2, 0.25) is 0 Å². The van der Waals surface area contributed by atoms with Crippen LogP contribution in [-0.4, -0.2) is 15.5 Å². The van der Waals surface area contributed by atoms with Crippen LogP contribution < -0.4 is 5.32 Å². The third-order valence-corrected chi connectivity index (χ3v) is 3.41. The Labute approximate surface area is 115 Å². The van der Waals surface area contributed by atoms with Gasteiger partial charge in [0.25, 0.3) is 5.76 Å².